The second-order valence-corrected chi connectivity index (χ2v) is 7.81. The van der Waals surface area contributed by atoms with E-state index >= 15 is 0 Å². The molecule has 4 rings (SSSR count). The molecule has 4 nitrogen and oxygen atoms in total. The minimum absolute atomic E-state index is 0.614. The van der Waals surface area contributed by atoms with Gasteiger partial charge in [0.1, 0.15) is 11.6 Å². The van der Waals surface area contributed by atoms with Crippen LogP contribution >= 0.6 is 11.8 Å². The van der Waals surface area contributed by atoms with Crippen LogP contribution < -0.4 is 4.74 Å². The molecule has 146 valence electrons. The molecule has 0 atom stereocenters. The van der Waals surface area contributed by atoms with Gasteiger partial charge in [0.25, 0.3) is 0 Å². The van der Waals surface area contributed by atoms with E-state index in [4.69, 9.17) is 4.74 Å². The quantitative estimate of drug-likeness (QED) is 0.295. The summed E-state index contributed by atoms with van der Waals surface area (Å²) in [6, 6.07) is 28.7. The van der Waals surface area contributed by atoms with Crippen molar-refractivity contribution in [2.24, 2.45) is 0 Å². The monoisotopic (exact) mass is 401 g/mol. The highest BCUT2D eigenvalue weighted by atomic mass is 32.2. The summed E-state index contributed by atoms with van der Waals surface area (Å²) in [4.78, 5) is 0. The van der Waals surface area contributed by atoms with Gasteiger partial charge in [0, 0.05) is 17.9 Å². The number of nitrogens with zero attached hydrogens (tertiary/aromatic N) is 3. The van der Waals surface area contributed by atoms with Crippen molar-refractivity contribution < 1.29 is 4.74 Å². The highest BCUT2D eigenvalue weighted by Gasteiger charge is 2.15. The van der Waals surface area contributed by atoms with Gasteiger partial charge in [0.2, 0.25) is 0 Å². The molecule has 4 aromatic rings. The summed E-state index contributed by atoms with van der Waals surface area (Å²) in [5, 5.41) is 9.88. The molecule has 0 amide bonds. The molecule has 0 aliphatic carbocycles. The van der Waals surface area contributed by atoms with Gasteiger partial charge in [0.15, 0.2) is 5.16 Å². The molecule has 0 aliphatic heterocycles. The van der Waals surface area contributed by atoms with Gasteiger partial charge in [-0.15, -0.1) is 10.2 Å². The number of rotatable bonds is 8. The summed E-state index contributed by atoms with van der Waals surface area (Å²) < 4.78 is 7.98. The Morgan fingerprint density at radius 3 is 2.38 bits per heavy atom. The Hall–Kier alpha value is -3.05. The van der Waals surface area contributed by atoms with Gasteiger partial charge < -0.3 is 4.74 Å². The molecule has 0 saturated carbocycles. The Balaban J connectivity index is 1.53. The Morgan fingerprint density at radius 1 is 0.862 bits per heavy atom. The first kappa shape index (κ1) is 19.3. The fourth-order valence-corrected chi connectivity index (χ4v) is 3.91. The minimum Gasteiger partial charge on any atom is -0.493 e. The first-order valence-corrected chi connectivity index (χ1v) is 10.6. The van der Waals surface area contributed by atoms with E-state index in [1.54, 1.807) is 11.8 Å². The van der Waals surface area contributed by atoms with Crippen LogP contribution in [0.4, 0.5) is 0 Å². The molecule has 0 saturated heterocycles. The predicted octanol–water partition coefficient (Wildman–Crippen LogP) is 5.34. The fraction of sp³-hybridized carbons (Fsp3) is 0.167. The lowest BCUT2D eigenvalue weighted by atomic mass is 10.1. The van der Waals surface area contributed by atoms with Crippen molar-refractivity contribution in [1.82, 2.24) is 14.8 Å². The molecule has 1 aromatic heterocycles. The molecule has 0 unspecified atom stereocenters. The number of thioether (sulfide) groups is 1. The number of hydrogen-bond donors (Lipinski definition) is 0. The van der Waals surface area contributed by atoms with Gasteiger partial charge in [-0.1, -0.05) is 72.4 Å². The minimum atomic E-state index is 0.614. The van der Waals surface area contributed by atoms with Gasteiger partial charge in [0.05, 0.1) is 6.61 Å². The summed E-state index contributed by atoms with van der Waals surface area (Å²) in [5.41, 5.74) is 3.52. The Bertz CT molecular complexity index is 1050. The number of benzene rings is 3. The fourth-order valence-electron chi connectivity index (χ4n) is 3.12. The molecule has 5 heteroatoms. The van der Waals surface area contributed by atoms with E-state index in [1.165, 1.54) is 11.1 Å². The number of ether oxygens (including phenoxy) is 1. The zero-order valence-electron chi connectivity index (χ0n) is 16.4. The lowest BCUT2D eigenvalue weighted by Crippen LogP contribution is -2.06. The molecule has 3 aromatic carbocycles. The van der Waals surface area contributed by atoms with E-state index in [2.05, 4.69) is 70.2 Å². The Kier molecular flexibility index (Phi) is 6.27. The molecule has 0 bridgehead atoms. The maximum atomic E-state index is 5.82. The molecule has 0 fully saturated rings. The third-order valence-corrected chi connectivity index (χ3v) is 5.38. The van der Waals surface area contributed by atoms with Crippen molar-refractivity contribution in [3.63, 3.8) is 0 Å². The lowest BCUT2D eigenvalue weighted by molar-refractivity contribution is 0.344. The second-order valence-electron chi connectivity index (χ2n) is 6.75. The van der Waals surface area contributed by atoms with Crippen LogP contribution in [0.2, 0.25) is 0 Å². The van der Waals surface area contributed by atoms with E-state index in [-0.39, 0.29) is 0 Å². The maximum absolute atomic E-state index is 5.82. The zero-order valence-corrected chi connectivity index (χ0v) is 17.2. The van der Waals surface area contributed by atoms with Gasteiger partial charge >= 0.3 is 0 Å². The third kappa shape index (κ3) is 5.06. The van der Waals surface area contributed by atoms with Gasteiger partial charge in [-0.25, -0.2) is 0 Å². The van der Waals surface area contributed by atoms with Crippen LogP contribution in [-0.4, -0.2) is 27.1 Å². The molecule has 0 N–H and O–H groups in total. The van der Waals surface area contributed by atoms with E-state index in [0.29, 0.717) is 6.61 Å². The average molecular weight is 402 g/mol. The summed E-state index contributed by atoms with van der Waals surface area (Å²) in [6.45, 7) is 2.72. The van der Waals surface area contributed by atoms with Gasteiger partial charge in [-0.3, -0.25) is 4.57 Å². The van der Waals surface area contributed by atoms with Crippen molar-refractivity contribution in [2.45, 2.75) is 18.5 Å². The molecular formula is C24H23N3OS. The van der Waals surface area contributed by atoms with Crippen LogP contribution in [-0.2, 0) is 6.42 Å². The second kappa shape index (κ2) is 9.43. The van der Waals surface area contributed by atoms with Crippen LogP contribution in [0.25, 0.3) is 5.69 Å². The van der Waals surface area contributed by atoms with Crippen LogP contribution in [0, 0.1) is 6.92 Å². The Morgan fingerprint density at radius 2 is 1.62 bits per heavy atom. The van der Waals surface area contributed by atoms with E-state index in [1.807, 2.05) is 36.4 Å². The topological polar surface area (TPSA) is 39.9 Å². The van der Waals surface area contributed by atoms with E-state index < -0.39 is 0 Å². The van der Waals surface area contributed by atoms with Crippen molar-refractivity contribution in [3.05, 3.63) is 102 Å². The highest BCUT2D eigenvalue weighted by Crippen LogP contribution is 2.24. The third-order valence-electron chi connectivity index (χ3n) is 4.49. The summed E-state index contributed by atoms with van der Waals surface area (Å²) in [6.07, 6.45) is 0.739. The lowest BCUT2D eigenvalue weighted by Gasteiger charge is -2.11. The largest absolute Gasteiger partial charge is 0.493 e. The molecule has 0 radical (unpaired) electrons. The van der Waals surface area contributed by atoms with Gasteiger partial charge in [-0.2, -0.15) is 0 Å². The highest BCUT2D eigenvalue weighted by molar-refractivity contribution is 7.99. The first-order valence-electron chi connectivity index (χ1n) is 9.65. The normalized spacial score (nSPS) is 10.8. The number of aryl methyl sites for hydroxylation is 1. The summed E-state index contributed by atoms with van der Waals surface area (Å²) in [7, 11) is 0. The average Bonchev–Trinajstić information content (AvgIpc) is 3.15. The van der Waals surface area contributed by atoms with Crippen molar-refractivity contribution in [1.29, 1.82) is 0 Å². The van der Waals surface area contributed by atoms with E-state index in [9.17, 15) is 0 Å². The van der Waals surface area contributed by atoms with Crippen LogP contribution in [0.15, 0.2) is 90.1 Å². The number of aromatic nitrogens is 3. The maximum Gasteiger partial charge on any atom is 0.195 e. The number of para-hydroxylation sites is 1. The molecule has 0 spiro atoms. The Labute approximate surface area is 175 Å². The summed E-state index contributed by atoms with van der Waals surface area (Å²) >= 11 is 1.66. The van der Waals surface area contributed by atoms with E-state index in [0.717, 1.165) is 34.6 Å². The molecular weight excluding hydrogens is 378 g/mol. The SMILES string of the molecule is Cc1cccc(-n2c(Cc3ccccc3)nnc2SCCOc2ccccc2)c1. The van der Waals surface area contributed by atoms with Crippen molar-refractivity contribution in [3.8, 4) is 11.4 Å². The standard InChI is InChI=1S/C24H23N3OS/c1-19-9-8-12-21(17-19)27-23(18-20-10-4-2-5-11-20)25-26-24(27)29-16-15-28-22-13-6-3-7-14-22/h2-14,17H,15-16,18H2,1H3. The van der Waals surface area contributed by atoms with Crippen molar-refractivity contribution >= 4 is 11.8 Å². The van der Waals surface area contributed by atoms with Gasteiger partial charge in [-0.05, 0) is 42.3 Å². The van der Waals surface area contributed by atoms with Crippen LogP contribution in [0.5, 0.6) is 5.75 Å². The summed E-state index contributed by atoms with van der Waals surface area (Å²) in [5.74, 6) is 2.62. The number of hydrogen-bond acceptors (Lipinski definition) is 4. The van der Waals surface area contributed by atoms with Crippen molar-refractivity contribution in [2.75, 3.05) is 12.4 Å². The van der Waals surface area contributed by atoms with Crippen LogP contribution in [0.3, 0.4) is 0 Å². The van der Waals surface area contributed by atoms with Crippen LogP contribution in [0.1, 0.15) is 17.0 Å². The molecule has 29 heavy (non-hydrogen) atoms. The first-order chi connectivity index (χ1) is 14.3. The molecule has 0 aliphatic rings. The zero-order chi connectivity index (χ0) is 19.9. The predicted molar refractivity (Wildman–Crippen MR) is 118 cm³/mol. The molecule has 1 heterocycles. The smallest absolute Gasteiger partial charge is 0.195 e.